The Hall–Kier alpha value is -0.700. The normalized spacial score (nSPS) is 11.9. The molecule has 0 aliphatic heterocycles. The highest BCUT2D eigenvalue weighted by molar-refractivity contribution is 6.01. The van der Waals surface area contributed by atoms with Gasteiger partial charge < -0.3 is 4.74 Å². The number of carbonyl (C=O) groups is 2. The van der Waals surface area contributed by atoms with E-state index in [9.17, 15) is 9.59 Å². The Labute approximate surface area is 92.2 Å². The van der Waals surface area contributed by atoms with Crippen LogP contribution in [0.15, 0.2) is 0 Å². The maximum absolute atomic E-state index is 11.6. The van der Waals surface area contributed by atoms with Gasteiger partial charge in [0.25, 0.3) is 0 Å². The summed E-state index contributed by atoms with van der Waals surface area (Å²) in [7, 11) is 0. The van der Waals surface area contributed by atoms with E-state index in [1.54, 1.807) is 13.8 Å². The van der Waals surface area contributed by atoms with Gasteiger partial charge >= 0.3 is 0 Å². The predicted octanol–water partition coefficient (Wildman–Crippen LogP) is 2.38. The maximum Gasteiger partial charge on any atom is 0.171 e. The van der Waals surface area contributed by atoms with Crippen molar-refractivity contribution in [3.8, 4) is 0 Å². The molecule has 0 aromatic carbocycles. The zero-order valence-electron chi connectivity index (χ0n) is 10.4. The molecule has 0 saturated heterocycles. The van der Waals surface area contributed by atoms with Crippen molar-refractivity contribution in [1.82, 2.24) is 0 Å². The molecule has 0 radical (unpaired) electrons. The molecule has 0 aliphatic rings. The third-order valence-corrected chi connectivity index (χ3v) is 2.24. The quantitative estimate of drug-likeness (QED) is 0.611. The maximum atomic E-state index is 11.6. The first-order valence-corrected chi connectivity index (χ1v) is 5.42. The highest BCUT2D eigenvalue weighted by atomic mass is 16.5. The van der Waals surface area contributed by atoms with E-state index in [1.165, 1.54) is 6.92 Å². The number of rotatable bonds is 7. The fraction of sp³-hybridized carbons (Fsp3) is 0.833. The SMILES string of the molecule is CC(=O)CC(=O)C(C)(C)OCCC(C)C. The van der Waals surface area contributed by atoms with E-state index in [0.29, 0.717) is 12.5 Å². The Bertz CT molecular complexity index is 229. The van der Waals surface area contributed by atoms with Crippen LogP contribution in [0.1, 0.15) is 47.5 Å². The lowest BCUT2D eigenvalue weighted by atomic mass is 9.99. The molecule has 0 heterocycles. The van der Waals surface area contributed by atoms with Crippen molar-refractivity contribution in [2.24, 2.45) is 5.92 Å². The van der Waals surface area contributed by atoms with Crippen LogP contribution < -0.4 is 0 Å². The number of hydrogen-bond donors (Lipinski definition) is 0. The van der Waals surface area contributed by atoms with E-state index in [1.807, 2.05) is 0 Å². The lowest BCUT2D eigenvalue weighted by Crippen LogP contribution is -2.36. The molecule has 0 aliphatic carbocycles. The van der Waals surface area contributed by atoms with Gasteiger partial charge in [-0.15, -0.1) is 0 Å². The summed E-state index contributed by atoms with van der Waals surface area (Å²) in [5.41, 5.74) is -0.833. The highest BCUT2D eigenvalue weighted by Crippen LogP contribution is 2.14. The summed E-state index contributed by atoms with van der Waals surface area (Å²) in [4.78, 5) is 22.4. The Morgan fingerprint density at radius 3 is 2.20 bits per heavy atom. The van der Waals surface area contributed by atoms with Crippen molar-refractivity contribution >= 4 is 11.6 Å². The van der Waals surface area contributed by atoms with Crippen molar-refractivity contribution < 1.29 is 14.3 Å². The van der Waals surface area contributed by atoms with E-state index in [0.717, 1.165) is 6.42 Å². The average Bonchev–Trinajstić information content (AvgIpc) is 2.01. The summed E-state index contributed by atoms with van der Waals surface area (Å²) >= 11 is 0. The molecule has 0 atom stereocenters. The number of ether oxygens (including phenoxy) is 1. The fourth-order valence-electron chi connectivity index (χ4n) is 1.07. The summed E-state index contributed by atoms with van der Waals surface area (Å²) in [5, 5.41) is 0. The molecule has 3 nitrogen and oxygen atoms in total. The molecule has 0 fully saturated rings. The third kappa shape index (κ3) is 6.39. The van der Waals surface area contributed by atoms with Gasteiger partial charge in [0, 0.05) is 6.61 Å². The van der Waals surface area contributed by atoms with Gasteiger partial charge in [-0.3, -0.25) is 9.59 Å². The van der Waals surface area contributed by atoms with Crippen molar-refractivity contribution in [3.05, 3.63) is 0 Å². The van der Waals surface area contributed by atoms with Crippen LogP contribution in [0.25, 0.3) is 0 Å². The van der Waals surface area contributed by atoms with E-state index in [4.69, 9.17) is 4.74 Å². The molecule has 0 aromatic heterocycles. The Balaban J connectivity index is 4.05. The Morgan fingerprint density at radius 2 is 1.80 bits per heavy atom. The minimum atomic E-state index is -0.833. The molecule has 0 spiro atoms. The fourth-order valence-corrected chi connectivity index (χ4v) is 1.07. The Morgan fingerprint density at radius 1 is 1.27 bits per heavy atom. The molecule has 0 unspecified atom stereocenters. The Kier molecular flexibility index (Phi) is 5.73. The smallest absolute Gasteiger partial charge is 0.171 e. The highest BCUT2D eigenvalue weighted by Gasteiger charge is 2.28. The zero-order chi connectivity index (χ0) is 12.1. The second-order valence-corrected chi connectivity index (χ2v) is 4.84. The lowest BCUT2D eigenvalue weighted by molar-refractivity contribution is -0.143. The first kappa shape index (κ1) is 14.3. The lowest BCUT2D eigenvalue weighted by Gasteiger charge is -2.23. The first-order valence-electron chi connectivity index (χ1n) is 5.42. The summed E-state index contributed by atoms with van der Waals surface area (Å²) < 4.78 is 5.50. The van der Waals surface area contributed by atoms with Crippen LogP contribution in [0.4, 0.5) is 0 Å². The molecule has 3 heteroatoms. The molecule has 0 aromatic rings. The predicted molar refractivity (Wildman–Crippen MR) is 59.8 cm³/mol. The van der Waals surface area contributed by atoms with Crippen molar-refractivity contribution in [2.75, 3.05) is 6.61 Å². The van der Waals surface area contributed by atoms with Crippen LogP contribution in [-0.4, -0.2) is 23.8 Å². The summed E-state index contributed by atoms with van der Waals surface area (Å²) in [5.74, 6) is 0.308. The van der Waals surface area contributed by atoms with Crippen LogP contribution in [0.2, 0.25) is 0 Å². The van der Waals surface area contributed by atoms with Crippen LogP contribution in [-0.2, 0) is 14.3 Å². The van der Waals surface area contributed by atoms with E-state index >= 15 is 0 Å². The summed E-state index contributed by atoms with van der Waals surface area (Å²) in [6, 6.07) is 0. The van der Waals surface area contributed by atoms with E-state index in [2.05, 4.69) is 13.8 Å². The standard InChI is InChI=1S/C12H22O3/c1-9(2)6-7-15-12(4,5)11(14)8-10(3)13/h9H,6-8H2,1-5H3. The van der Waals surface area contributed by atoms with Gasteiger partial charge in [-0.2, -0.15) is 0 Å². The molecule has 88 valence electrons. The number of hydrogen-bond acceptors (Lipinski definition) is 3. The number of ketones is 2. The minimum Gasteiger partial charge on any atom is -0.368 e. The van der Waals surface area contributed by atoms with Crippen LogP contribution >= 0.6 is 0 Å². The van der Waals surface area contributed by atoms with Crippen LogP contribution in [0.3, 0.4) is 0 Å². The van der Waals surface area contributed by atoms with Crippen molar-refractivity contribution in [1.29, 1.82) is 0 Å². The summed E-state index contributed by atoms with van der Waals surface area (Å²) in [6.07, 6.45) is 0.894. The minimum absolute atomic E-state index is 0.0331. The second kappa shape index (κ2) is 6.01. The number of Topliss-reactive ketones (excluding diaryl/α,β-unsaturated/α-hetero) is 2. The van der Waals surface area contributed by atoms with Crippen LogP contribution in [0.5, 0.6) is 0 Å². The largest absolute Gasteiger partial charge is 0.368 e. The monoisotopic (exact) mass is 214 g/mol. The molecule has 0 N–H and O–H groups in total. The molecule has 15 heavy (non-hydrogen) atoms. The van der Waals surface area contributed by atoms with Gasteiger partial charge in [0.1, 0.15) is 11.4 Å². The van der Waals surface area contributed by atoms with Crippen LogP contribution in [0, 0.1) is 5.92 Å². The van der Waals surface area contributed by atoms with Crippen molar-refractivity contribution in [2.45, 2.75) is 53.1 Å². The van der Waals surface area contributed by atoms with Gasteiger partial charge in [-0.25, -0.2) is 0 Å². The zero-order valence-corrected chi connectivity index (χ0v) is 10.4. The van der Waals surface area contributed by atoms with E-state index < -0.39 is 5.60 Å². The topological polar surface area (TPSA) is 43.4 Å². The van der Waals surface area contributed by atoms with Gasteiger partial charge in [-0.1, -0.05) is 13.8 Å². The summed E-state index contributed by atoms with van der Waals surface area (Å²) in [6.45, 7) is 9.63. The molecular formula is C12H22O3. The number of carbonyl (C=O) groups excluding carboxylic acids is 2. The molecule has 0 saturated carbocycles. The molecular weight excluding hydrogens is 192 g/mol. The van der Waals surface area contributed by atoms with Gasteiger partial charge in [0.15, 0.2) is 5.78 Å². The van der Waals surface area contributed by atoms with E-state index in [-0.39, 0.29) is 18.0 Å². The second-order valence-electron chi connectivity index (χ2n) is 4.84. The van der Waals surface area contributed by atoms with Gasteiger partial charge in [-0.05, 0) is 33.1 Å². The van der Waals surface area contributed by atoms with Gasteiger partial charge in [0.2, 0.25) is 0 Å². The average molecular weight is 214 g/mol. The first-order chi connectivity index (χ1) is 6.75. The molecule has 0 bridgehead atoms. The molecule has 0 amide bonds. The third-order valence-electron chi connectivity index (χ3n) is 2.24. The van der Waals surface area contributed by atoms with Gasteiger partial charge in [0.05, 0.1) is 6.42 Å². The molecule has 0 rings (SSSR count). The van der Waals surface area contributed by atoms with Crippen molar-refractivity contribution in [3.63, 3.8) is 0 Å².